The van der Waals surface area contributed by atoms with Crippen LogP contribution in [-0.2, 0) is 4.74 Å². The molecule has 0 saturated carbocycles. The second-order valence-corrected chi connectivity index (χ2v) is 4.27. The third-order valence-corrected chi connectivity index (χ3v) is 2.93. The molecule has 0 fully saturated rings. The first-order chi connectivity index (χ1) is 8.60. The molecular formula is C12H9F2NO2S. The van der Waals surface area contributed by atoms with E-state index in [0.29, 0.717) is 11.3 Å². The number of hydrogen-bond acceptors (Lipinski definition) is 4. The maximum Gasteiger partial charge on any atom is 0.367 e. The third kappa shape index (κ3) is 2.70. The number of nitrogens with zero attached hydrogens (tertiary/aromatic N) is 1. The van der Waals surface area contributed by atoms with Gasteiger partial charge in [0.2, 0.25) is 5.01 Å². The minimum Gasteiger partial charge on any atom is -0.461 e. The highest BCUT2D eigenvalue weighted by molar-refractivity contribution is 7.11. The number of hydrogen-bond donors (Lipinski definition) is 0. The van der Waals surface area contributed by atoms with Gasteiger partial charge in [0, 0.05) is 17.0 Å². The first-order valence-corrected chi connectivity index (χ1v) is 6.07. The Morgan fingerprint density at radius 3 is 2.61 bits per heavy atom. The topological polar surface area (TPSA) is 39.2 Å². The molecule has 1 heterocycles. The zero-order valence-electron chi connectivity index (χ0n) is 9.44. The van der Waals surface area contributed by atoms with Crippen LogP contribution in [0.15, 0.2) is 23.6 Å². The van der Waals surface area contributed by atoms with Crippen molar-refractivity contribution in [2.24, 2.45) is 0 Å². The minimum absolute atomic E-state index is 0.163. The predicted molar refractivity (Wildman–Crippen MR) is 63.4 cm³/mol. The first-order valence-electron chi connectivity index (χ1n) is 5.19. The first kappa shape index (κ1) is 12.6. The van der Waals surface area contributed by atoms with Crippen molar-refractivity contribution >= 4 is 17.3 Å². The summed E-state index contributed by atoms with van der Waals surface area (Å²) in [6.45, 7) is 1.94. The van der Waals surface area contributed by atoms with Crippen LogP contribution in [-0.4, -0.2) is 17.6 Å². The molecule has 0 spiro atoms. The summed E-state index contributed by atoms with van der Waals surface area (Å²) in [4.78, 5) is 15.4. The van der Waals surface area contributed by atoms with Crippen molar-refractivity contribution < 1.29 is 18.3 Å². The van der Waals surface area contributed by atoms with Crippen molar-refractivity contribution in [3.63, 3.8) is 0 Å². The molecule has 3 nitrogen and oxygen atoms in total. The van der Waals surface area contributed by atoms with E-state index in [1.807, 2.05) is 0 Å². The molecule has 0 bridgehead atoms. The lowest BCUT2D eigenvalue weighted by Gasteiger charge is -1.98. The van der Waals surface area contributed by atoms with E-state index in [2.05, 4.69) is 4.98 Å². The van der Waals surface area contributed by atoms with E-state index < -0.39 is 17.6 Å². The zero-order valence-corrected chi connectivity index (χ0v) is 10.3. The molecular weight excluding hydrogens is 260 g/mol. The molecule has 0 unspecified atom stereocenters. The van der Waals surface area contributed by atoms with Gasteiger partial charge in [0.15, 0.2) is 0 Å². The average molecular weight is 269 g/mol. The van der Waals surface area contributed by atoms with E-state index in [9.17, 15) is 13.6 Å². The van der Waals surface area contributed by atoms with Gasteiger partial charge in [0.1, 0.15) is 11.6 Å². The number of aromatic nitrogens is 1. The molecule has 6 heteroatoms. The molecule has 2 rings (SSSR count). The minimum atomic E-state index is -0.685. The van der Waals surface area contributed by atoms with Crippen molar-refractivity contribution in [3.05, 3.63) is 40.2 Å². The van der Waals surface area contributed by atoms with E-state index in [0.717, 1.165) is 29.5 Å². The summed E-state index contributed by atoms with van der Waals surface area (Å²) in [5, 5.41) is 1.72. The highest BCUT2D eigenvalue weighted by Gasteiger charge is 2.13. The molecule has 0 atom stereocenters. The van der Waals surface area contributed by atoms with Crippen molar-refractivity contribution in [3.8, 4) is 11.3 Å². The Morgan fingerprint density at radius 2 is 2.00 bits per heavy atom. The van der Waals surface area contributed by atoms with Gasteiger partial charge in [-0.25, -0.2) is 18.6 Å². The second kappa shape index (κ2) is 5.22. The maximum atomic E-state index is 13.0. The standard InChI is InChI=1S/C12H9F2NO2S/c1-2-17-12(16)11-15-10(6-18-11)7-3-8(13)5-9(14)4-7/h3-6H,2H2,1H3. The number of esters is 1. The molecule has 0 amide bonds. The number of rotatable bonds is 3. The van der Waals surface area contributed by atoms with Crippen LogP contribution in [0.25, 0.3) is 11.3 Å². The van der Waals surface area contributed by atoms with Gasteiger partial charge >= 0.3 is 5.97 Å². The fourth-order valence-corrected chi connectivity index (χ4v) is 2.11. The number of ether oxygens (including phenoxy) is 1. The summed E-state index contributed by atoms with van der Waals surface area (Å²) >= 11 is 1.07. The fraction of sp³-hybridized carbons (Fsp3) is 0.167. The van der Waals surface area contributed by atoms with Gasteiger partial charge in [-0.3, -0.25) is 0 Å². The molecule has 18 heavy (non-hydrogen) atoms. The summed E-state index contributed by atoms with van der Waals surface area (Å²) in [7, 11) is 0. The average Bonchev–Trinajstić information content (AvgIpc) is 2.77. The molecule has 0 radical (unpaired) electrons. The summed E-state index contributed by atoms with van der Waals surface area (Å²) in [6, 6.07) is 3.10. The molecule has 0 saturated heterocycles. The van der Waals surface area contributed by atoms with Gasteiger partial charge in [0.25, 0.3) is 0 Å². The number of carbonyl (C=O) groups is 1. The number of halogens is 2. The quantitative estimate of drug-likeness (QED) is 0.803. The van der Waals surface area contributed by atoms with Crippen LogP contribution in [0.4, 0.5) is 8.78 Å². The highest BCUT2D eigenvalue weighted by atomic mass is 32.1. The maximum absolute atomic E-state index is 13.0. The molecule has 1 aromatic heterocycles. The number of thiazole rings is 1. The van der Waals surface area contributed by atoms with Crippen molar-refractivity contribution in [1.82, 2.24) is 4.98 Å². The lowest BCUT2D eigenvalue weighted by molar-refractivity contribution is 0.0526. The van der Waals surface area contributed by atoms with E-state index in [4.69, 9.17) is 4.74 Å². The van der Waals surface area contributed by atoms with E-state index in [1.54, 1.807) is 12.3 Å². The van der Waals surface area contributed by atoms with Crippen LogP contribution >= 0.6 is 11.3 Å². The van der Waals surface area contributed by atoms with Gasteiger partial charge in [-0.2, -0.15) is 0 Å². The monoisotopic (exact) mass is 269 g/mol. The van der Waals surface area contributed by atoms with E-state index in [1.165, 1.54) is 0 Å². The van der Waals surface area contributed by atoms with Crippen LogP contribution in [0.5, 0.6) is 0 Å². The van der Waals surface area contributed by atoms with Gasteiger partial charge < -0.3 is 4.74 Å². The van der Waals surface area contributed by atoms with Crippen LogP contribution in [0, 0.1) is 11.6 Å². The predicted octanol–water partition coefficient (Wildman–Crippen LogP) is 3.27. The highest BCUT2D eigenvalue weighted by Crippen LogP contribution is 2.24. The summed E-state index contributed by atoms with van der Waals surface area (Å²) in [5.74, 6) is -1.91. The van der Waals surface area contributed by atoms with Crippen LogP contribution in [0.1, 0.15) is 16.7 Å². The summed E-state index contributed by atoms with van der Waals surface area (Å²) in [5.41, 5.74) is 0.640. The largest absolute Gasteiger partial charge is 0.461 e. The Labute approximate surface area is 106 Å². The third-order valence-electron chi connectivity index (χ3n) is 2.11. The molecule has 2 aromatic rings. The molecule has 94 valence electrons. The van der Waals surface area contributed by atoms with Crippen molar-refractivity contribution in [2.45, 2.75) is 6.92 Å². The Morgan fingerprint density at radius 1 is 1.33 bits per heavy atom. The van der Waals surface area contributed by atoms with E-state index in [-0.39, 0.29) is 11.6 Å². The Bertz CT molecular complexity index is 563. The van der Waals surface area contributed by atoms with Crippen LogP contribution in [0.2, 0.25) is 0 Å². The fourth-order valence-electron chi connectivity index (χ4n) is 1.39. The summed E-state index contributed by atoms with van der Waals surface area (Å²) < 4.78 is 30.9. The molecule has 1 aromatic carbocycles. The van der Waals surface area contributed by atoms with Crippen molar-refractivity contribution in [1.29, 1.82) is 0 Å². The zero-order chi connectivity index (χ0) is 13.1. The molecule has 0 aliphatic heterocycles. The van der Waals surface area contributed by atoms with Gasteiger partial charge in [-0.15, -0.1) is 11.3 Å². The van der Waals surface area contributed by atoms with E-state index >= 15 is 0 Å². The Kier molecular flexibility index (Phi) is 3.66. The lowest BCUT2D eigenvalue weighted by Crippen LogP contribution is -2.03. The molecule has 0 aliphatic carbocycles. The van der Waals surface area contributed by atoms with Gasteiger partial charge in [-0.05, 0) is 19.1 Å². The Balaban J connectivity index is 2.32. The lowest BCUT2D eigenvalue weighted by atomic mass is 10.1. The molecule has 0 aliphatic rings. The second-order valence-electron chi connectivity index (χ2n) is 3.42. The number of carbonyl (C=O) groups excluding carboxylic acids is 1. The normalized spacial score (nSPS) is 10.4. The summed E-state index contributed by atoms with van der Waals surface area (Å²) in [6.07, 6.45) is 0. The Hall–Kier alpha value is -1.82. The SMILES string of the molecule is CCOC(=O)c1nc(-c2cc(F)cc(F)c2)cs1. The smallest absolute Gasteiger partial charge is 0.367 e. The van der Waals surface area contributed by atoms with Crippen molar-refractivity contribution in [2.75, 3.05) is 6.61 Å². The van der Waals surface area contributed by atoms with Crippen LogP contribution < -0.4 is 0 Å². The van der Waals surface area contributed by atoms with Crippen LogP contribution in [0.3, 0.4) is 0 Å². The van der Waals surface area contributed by atoms with Gasteiger partial charge in [0.05, 0.1) is 12.3 Å². The number of benzene rings is 1. The van der Waals surface area contributed by atoms with Gasteiger partial charge in [-0.1, -0.05) is 0 Å². The molecule has 0 N–H and O–H groups in total.